The minimum absolute atomic E-state index is 0.0631. The minimum Gasteiger partial charge on any atom is -0.496 e. The summed E-state index contributed by atoms with van der Waals surface area (Å²) in [6.45, 7) is 1.96. The normalized spacial score (nSPS) is 10.2. The van der Waals surface area contributed by atoms with Crippen molar-refractivity contribution in [1.82, 2.24) is 0 Å². The summed E-state index contributed by atoms with van der Waals surface area (Å²) in [6, 6.07) is 11.2. The van der Waals surface area contributed by atoms with Crippen molar-refractivity contribution in [1.29, 1.82) is 0 Å². The molecule has 0 fully saturated rings. The Morgan fingerprint density at radius 2 is 1.69 bits per heavy atom. The molecular formula is C20H20O6. The van der Waals surface area contributed by atoms with Crippen LogP contribution in [0.25, 0.3) is 0 Å². The molecule has 1 N–H and O–H groups in total. The van der Waals surface area contributed by atoms with Crippen LogP contribution in [0.1, 0.15) is 45.2 Å². The number of ether oxygens (including phenoxy) is 2. The number of esters is 1. The van der Waals surface area contributed by atoms with Gasteiger partial charge < -0.3 is 14.6 Å². The van der Waals surface area contributed by atoms with Gasteiger partial charge in [-0.1, -0.05) is 12.1 Å². The van der Waals surface area contributed by atoms with E-state index in [1.54, 1.807) is 43.3 Å². The highest BCUT2D eigenvalue weighted by Gasteiger charge is 2.15. The van der Waals surface area contributed by atoms with Gasteiger partial charge in [0.05, 0.1) is 19.3 Å². The van der Waals surface area contributed by atoms with Crippen molar-refractivity contribution < 1.29 is 29.0 Å². The van der Waals surface area contributed by atoms with Gasteiger partial charge in [0.2, 0.25) is 0 Å². The van der Waals surface area contributed by atoms with E-state index in [2.05, 4.69) is 0 Å². The van der Waals surface area contributed by atoms with E-state index in [0.29, 0.717) is 28.0 Å². The average molecular weight is 356 g/mol. The molecule has 26 heavy (non-hydrogen) atoms. The third-order valence-electron chi connectivity index (χ3n) is 3.79. The molecule has 6 nitrogen and oxygen atoms in total. The van der Waals surface area contributed by atoms with Crippen LogP contribution in [0.2, 0.25) is 0 Å². The zero-order chi connectivity index (χ0) is 19.1. The van der Waals surface area contributed by atoms with Crippen molar-refractivity contribution in [3.63, 3.8) is 0 Å². The molecule has 0 saturated carbocycles. The standard InChI is InChI=1S/C20H20O6/c1-3-26-20(24)16-6-4-5-14(12-16)19(23)15-7-9-17(25-2)13(11-15)8-10-18(21)22/h4-7,9,11-12H,3,8,10H2,1-2H3,(H,21,22). The molecule has 0 bridgehead atoms. The quantitative estimate of drug-likeness (QED) is 0.577. The number of carbonyl (C=O) groups is 3. The van der Waals surface area contributed by atoms with Crippen molar-refractivity contribution in [3.8, 4) is 5.75 Å². The number of carboxylic acid groups (broad SMARTS) is 1. The van der Waals surface area contributed by atoms with Crippen LogP contribution in [-0.4, -0.2) is 36.5 Å². The predicted molar refractivity (Wildman–Crippen MR) is 94.8 cm³/mol. The lowest BCUT2D eigenvalue weighted by Crippen LogP contribution is -2.08. The monoisotopic (exact) mass is 356 g/mol. The molecule has 0 heterocycles. The first-order chi connectivity index (χ1) is 12.5. The number of aryl methyl sites for hydroxylation is 1. The molecule has 136 valence electrons. The Hall–Kier alpha value is -3.15. The van der Waals surface area contributed by atoms with Crippen LogP contribution in [-0.2, 0) is 16.0 Å². The molecular weight excluding hydrogens is 336 g/mol. The summed E-state index contributed by atoms with van der Waals surface area (Å²) in [4.78, 5) is 35.4. The Morgan fingerprint density at radius 1 is 1.00 bits per heavy atom. The molecule has 0 unspecified atom stereocenters. The summed E-state index contributed by atoms with van der Waals surface area (Å²) in [7, 11) is 1.49. The number of hydrogen-bond donors (Lipinski definition) is 1. The molecule has 2 rings (SSSR count). The fraction of sp³-hybridized carbons (Fsp3) is 0.250. The van der Waals surface area contributed by atoms with Gasteiger partial charge in [-0.05, 0) is 49.2 Å². The molecule has 0 atom stereocenters. The van der Waals surface area contributed by atoms with Crippen LogP contribution in [0, 0.1) is 0 Å². The fourth-order valence-corrected chi connectivity index (χ4v) is 2.53. The van der Waals surface area contributed by atoms with Crippen molar-refractivity contribution in [3.05, 3.63) is 64.7 Å². The van der Waals surface area contributed by atoms with Gasteiger partial charge >= 0.3 is 11.9 Å². The molecule has 0 aromatic heterocycles. The highest BCUT2D eigenvalue weighted by Crippen LogP contribution is 2.23. The van der Waals surface area contributed by atoms with Gasteiger partial charge in [-0.3, -0.25) is 9.59 Å². The first-order valence-corrected chi connectivity index (χ1v) is 8.16. The van der Waals surface area contributed by atoms with Crippen LogP contribution in [0.4, 0.5) is 0 Å². The van der Waals surface area contributed by atoms with E-state index in [0.717, 1.165) is 0 Å². The zero-order valence-electron chi connectivity index (χ0n) is 14.7. The largest absolute Gasteiger partial charge is 0.496 e. The Balaban J connectivity index is 2.31. The first kappa shape index (κ1) is 19.2. The van der Waals surface area contributed by atoms with Gasteiger partial charge in [0.15, 0.2) is 5.78 Å². The Morgan fingerprint density at radius 3 is 2.35 bits per heavy atom. The van der Waals surface area contributed by atoms with Crippen LogP contribution in [0.3, 0.4) is 0 Å². The number of methoxy groups -OCH3 is 1. The van der Waals surface area contributed by atoms with Crippen LogP contribution in [0.15, 0.2) is 42.5 Å². The third kappa shape index (κ3) is 4.69. The number of benzene rings is 2. The number of ketones is 1. The number of hydrogen-bond acceptors (Lipinski definition) is 5. The first-order valence-electron chi connectivity index (χ1n) is 8.16. The number of rotatable bonds is 8. The number of carboxylic acids is 1. The molecule has 0 amide bonds. The molecule has 2 aromatic rings. The fourth-order valence-electron chi connectivity index (χ4n) is 2.53. The van der Waals surface area contributed by atoms with E-state index in [4.69, 9.17) is 14.6 Å². The van der Waals surface area contributed by atoms with Crippen molar-refractivity contribution in [2.75, 3.05) is 13.7 Å². The van der Waals surface area contributed by atoms with Crippen molar-refractivity contribution in [2.45, 2.75) is 19.8 Å². The average Bonchev–Trinajstić information content (AvgIpc) is 2.65. The molecule has 0 spiro atoms. The van der Waals surface area contributed by atoms with E-state index >= 15 is 0 Å². The number of carbonyl (C=O) groups excluding carboxylic acids is 2. The Labute approximate surface area is 151 Å². The summed E-state index contributed by atoms with van der Waals surface area (Å²) < 4.78 is 10.2. The van der Waals surface area contributed by atoms with Crippen molar-refractivity contribution in [2.24, 2.45) is 0 Å². The molecule has 2 aromatic carbocycles. The van der Waals surface area contributed by atoms with E-state index in [1.165, 1.54) is 13.2 Å². The highest BCUT2D eigenvalue weighted by atomic mass is 16.5. The second kappa shape index (κ2) is 8.80. The van der Waals surface area contributed by atoms with E-state index in [1.807, 2.05) is 0 Å². The Kier molecular flexibility index (Phi) is 6.49. The minimum atomic E-state index is -0.925. The smallest absolute Gasteiger partial charge is 0.338 e. The predicted octanol–water partition coefficient (Wildman–Crippen LogP) is 3.12. The molecule has 0 aliphatic rings. The molecule has 0 radical (unpaired) electrons. The lowest BCUT2D eigenvalue weighted by atomic mass is 9.98. The second-order valence-electron chi connectivity index (χ2n) is 5.55. The zero-order valence-corrected chi connectivity index (χ0v) is 14.7. The van der Waals surface area contributed by atoms with E-state index < -0.39 is 11.9 Å². The van der Waals surface area contributed by atoms with Gasteiger partial charge in [0, 0.05) is 17.5 Å². The third-order valence-corrected chi connectivity index (χ3v) is 3.79. The maximum atomic E-state index is 12.8. The van der Waals surface area contributed by atoms with Gasteiger partial charge in [-0.25, -0.2) is 4.79 Å². The van der Waals surface area contributed by atoms with Crippen LogP contribution >= 0.6 is 0 Å². The summed E-state index contributed by atoms with van der Waals surface area (Å²) in [6.07, 6.45) is 0.189. The lowest BCUT2D eigenvalue weighted by Gasteiger charge is -2.10. The highest BCUT2D eigenvalue weighted by molar-refractivity contribution is 6.10. The van der Waals surface area contributed by atoms with Gasteiger partial charge in [0.25, 0.3) is 0 Å². The molecule has 0 saturated heterocycles. The Bertz CT molecular complexity index is 825. The topological polar surface area (TPSA) is 89.9 Å². The molecule has 0 aliphatic heterocycles. The van der Waals surface area contributed by atoms with Crippen molar-refractivity contribution >= 4 is 17.7 Å². The summed E-state index contributed by atoms with van der Waals surface area (Å²) in [5, 5.41) is 8.87. The van der Waals surface area contributed by atoms with Gasteiger partial charge in [-0.15, -0.1) is 0 Å². The van der Waals surface area contributed by atoms with Gasteiger partial charge in [0.1, 0.15) is 5.75 Å². The maximum Gasteiger partial charge on any atom is 0.338 e. The summed E-state index contributed by atoms with van der Waals surface area (Å²) >= 11 is 0. The van der Waals surface area contributed by atoms with E-state index in [-0.39, 0.29) is 25.2 Å². The maximum absolute atomic E-state index is 12.8. The van der Waals surface area contributed by atoms with Gasteiger partial charge in [-0.2, -0.15) is 0 Å². The van der Waals surface area contributed by atoms with Crippen LogP contribution in [0.5, 0.6) is 5.75 Å². The SMILES string of the molecule is CCOC(=O)c1cccc(C(=O)c2ccc(OC)c(CCC(=O)O)c2)c1. The molecule has 0 aliphatic carbocycles. The molecule has 6 heteroatoms. The lowest BCUT2D eigenvalue weighted by molar-refractivity contribution is -0.136. The second-order valence-corrected chi connectivity index (χ2v) is 5.55. The van der Waals surface area contributed by atoms with E-state index in [9.17, 15) is 14.4 Å². The summed E-state index contributed by atoms with van der Waals surface area (Å²) in [5.41, 5.74) is 1.69. The number of aliphatic carboxylic acids is 1. The summed E-state index contributed by atoms with van der Waals surface area (Å²) in [5.74, 6) is -1.15. The van der Waals surface area contributed by atoms with Crippen LogP contribution < -0.4 is 4.74 Å².